The van der Waals surface area contributed by atoms with Crippen LogP contribution < -0.4 is 5.73 Å². The Bertz CT molecular complexity index is 1320. The smallest absolute Gasteiger partial charge is 0.372 e. The van der Waals surface area contributed by atoms with Gasteiger partial charge in [-0.1, -0.05) is 6.07 Å². The van der Waals surface area contributed by atoms with Crippen LogP contribution >= 0.6 is 0 Å². The number of aromatic nitrogens is 2. The van der Waals surface area contributed by atoms with E-state index >= 15 is 0 Å². The van der Waals surface area contributed by atoms with E-state index < -0.39 is 52.7 Å². The van der Waals surface area contributed by atoms with Gasteiger partial charge in [-0.25, -0.2) is 16.8 Å². The van der Waals surface area contributed by atoms with E-state index in [4.69, 9.17) is 10.5 Å². The lowest BCUT2D eigenvalue weighted by Gasteiger charge is -2.38. The minimum atomic E-state index is -4.68. The third kappa shape index (κ3) is 4.75. The van der Waals surface area contributed by atoms with Crippen LogP contribution in [0.25, 0.3) is 0 Å². The molecule has 0 amide bonds. The van der Waals surface area contributed by atoms with Crippen molar-refractivity contribution >= 4 is 19.7 Å². The number of nitrogens with two attached hydrogens (primary N) is 1. The van der Waals surface area contributed by atoms with Crippen molar-refractivity contribution in [3.63, 3.8) is 0 Å². The van der Waals surface area contributed by atoms with E-state index in [9.17, 15) is 30.0 Å². The van der Waals surface area contributed by atoms with Crippen LogP contribution in [0.4, 0.5) is 13.2 Å². The molecule has 2 N–H and O–H groups in total. The second-order valence-corrected chi connectivity index (χ2v) is 13.9. The fourth-order valence-corrected chi connectivity index (χ4v) is 6.53. The Morgan fingerprint density at radius 3 is 2.44 bits per heavy atom. The largest absolute Gasteiger partial charge is 0.416 e. The molecule has 1 saturated carbocycles. The van der Waals surface area contributed by atoms with Crippen LogP contribution in [0.3, 0.4) is 0 Å². The van der Waals surface area contributed by atoms with E-state index in [2.05, 4.69) is 5.10 Å². The van der Waals surface area contributed by atoms with Crippen LogP contribution in [0.1, 0.15) is 50.0 Å². The average molecular weight is 522 g/mol. The summed E-state index contributed by atoms with van der Waals surface area (Å²) in [6.07, 6.45) is -3.03. The molecule has 1 aromatic carbocycles. The first-order valence-electron chi connectivity index (χ1n) is 10.6. The second kappa shape index (κ2) is 8.04. The average Bonchev–Trinajstić information content (AvgIpc) is 3.29. The molecular formula is C21H26F3N3O5S2. The highest BCUT2D eigenvalue weighted by molar-refractivity contribution is 7.92. The van der Waals surface area contributed by atoms with E-state index in [1.807, 2.05) is 0 Å². The Labute approximate surface area is 196 Å². The lowest BCUT2D eigenvalue weighted by Crippen LogP contribution is -2.43. The number of nitrogens with zero attached hydrogens (tertiary/aromatic N) is 2. The third-order valence-electron chi connectivity index (χ3n) is 6.54. The molecule has 0 radical (unpaired) electrons. The minimum absolute atomic E-state index is 0.0204. The first kappa shape index (κ1) is 25.1. The van der Waals surface area contributed by atoms with E-state index in [0.29, 0.717) is 11.8 Å². The normalized spacial score (nSPS) is 25.3. The predicted octanol–water partition coefficient (Wildman–Crippen LogP) is 2.88. The Kier molecular flexibility index (Phi) is 5.94. The number of hydrogen-bond acceptors (Lipinski definition) is 7. The topological polar surface area (TPSA) is 121 Å². The molecular weight excluding hydrogens is 495 g/mol. The first-order chi connectivity index (χ1) is 15.5. The highest BCUT2D eigenvalue weighted by atomic mass is 32.2. The van der Waals surface area contributed by atoms with Gasteiger partial charge in [0.25, 0.3) is 0 Å². The van der Waals surface area contributed by atoms with Crippen LogP contribution in [0.15, 0.2) is 40.3 Å². The molecule has 0 bridgehead atoms. The van der Waals surface area contributed by atoms with Gasteiger partial charge >= 0.3 is 6.18 Å². The number of alkyl halides is 3. The van der Waals surface area contributed by atoms with Gasteiger partial charge in [0, 0.05) is 24.5 Å². The van der Waals surface area contributed by atoms with Gasteiger partial charge in [0.15, 0.2) is 24.7 Å². The van der Waals surface area contributed by atoms with E-state index in [0.717, 1.165) is 37.3 Å². The molecule has 2 aromatic rings. The summed E-state index contributed by atoms with van der Waals surface area (Å²) in [5.41, 5.74) is 5.02. The molecule has 34 heavy (non-hydrogen) atoms. The van der Waals surface area contributed by atoms with Crippen LogP contribution in [0.5, 0.6) is 0 Å². The van der Waals surface area contributed by atoms with Crippen LogP contribution in [0.2, 0.25) is 0 Å². The maximum absolute atomic E-state index is 13.5. The second-order valence-electron chi connectivity index (χ2n) is 9.49. The van der Waals surface area contributed by atoms with Crippen molar-refractivity contribution in [2.75, 3.05) is 12.9 Å². The highest BCUT2D eigenvalue weighted by Gasteiger charge is 2.47. The molecule has 1 aliphatic carbocycles. The van der Waals surface area contributed by atoms with Crippen molar-refractivity contribution in [1.82, 2.24) is 9.78 Å². The maximum Gasteiger partial charge on any atom is 0.416 e. The molecule has 2 atom stereocenters. The molecule has 13 heteroatoms. The van der Waals surface area contributed by atoms with Gasteiger partial charge < -0.3 is 10.5 Å². The number of rotatable bonds is 6. The van der Waals surface area contributed by atoms with E-state index in [1.165, 1.54) is 17.7 Å². The number of halogens is 3. The summed E-state index contributed by atoms with van der Waals surface area (Å²) in [5, 5.41) is 4.01. The molecule has 8 nitrogen and oxygen atoms in total. The molecule has 188 valence electrons. The SMILES string of the molecule is CC1(S(=O)(=O)c2cccc(C(F)(F)F)c2)CCOC(c2cc(S(C)(=O)=O)nn2CC2(N)CC2)C1. The summed E-state index contributed by atoms with van der Waals surface area (Å²) >= 11 is 0. The molecule has 1 aliphatic heterocycles. The molecule has 2 fully saturated rings. The van der Waals surface area contributed by atoms with Crippen molar-refractivity contribution in [2.24, 2.45) is 5.73 Å². The van der Waals surface area contributed by atoms with E-state index in [-0.39, 0.29) is 31.0 Å². The Hall–Kier alpha value is -1.96. The molecule has 0 spiro atoms. The van der Waals surface area contributed by atoms with E-state index in [1.54, 1.807) is 0 Å². The van der Waals surface area contributed by atoms with Gasteiger partial charge in [0.2, 0.25) is 0 Å². The number of benzene rings is 1. The summed E-state index contributed by atoms with van der Waals surface area (Å²) < 4.78 is 96.6. The highest BCUT2D eigenvalue weighted by Crippen LogP contribution is 2.44. The van der Waals surface area contributed by atoms with Crippen LogP contribution in [0, 0.1) is 0 Å². The lowest BCUT2D eigenvalue weighted by atomic mass is 9.94. The zero-order valence-corrected chi connectivity index (χ0v) is 20.3. The Morgan fingerprint density at radius 2 is 1.85 bits per heavy atom. The number of sulfone groups is 2. The van der Waals surface area contributed by atoms with Gasteiger partial charge in [-0.2, -0.15) is 18.3 Å². The van der Waals surface area contributed by atoms with Crippen molar-refractivity contribution in [2.45, 2.75) is 71.6 Å². The summed E-state index contributed by atoms with van der Waals surface area (Å²) in [5.74, 6) is 0. The summed E-state index contributed by atoms with van der Waals surface area (Å²) in [6, 6.07) is 5.04. The van der Waals surface area contributed by atoms with Gasteiger partial charge in [-0.15, -0.1) is 0 Å². The van der Waals surface area contributed by atoms with Crippen LogP contribution in [-0.4, -0.2) is 49.8 Å². The fourth-order valence-electron chi connectivity index (χ4n) is 4.12. The predicted molar refractivity (Wildman–Crippen MR) is 116 cm³/mol. The Morgan fingerprint density at radius 1 is 1.18 bits per heavy atom. The summed E-state index contributed by atoms with van der Waals surface area (Å²) in [6.45, 7) is 1.74. The standard InChI is InChI=1S/C21H26F3N3O5S2/c1-19(34(30,31)15-5-3-4-14(10-15)21(22,23)24)8-9-32-17(12-19)16-11-18(33(2,28)29)26-27(16)13-20(25)6-7-20/h3-5,10-11,17H,6-9,12-13,25H2,1-2H3. The van der Waals surface area contributed by atoms with Crippen molar-refractivity contribution < 1.29 is 34.7 Å². The monoisotopic (exact) mass is 521 g/mol. The molecule has 1 saturated heterocycles. The zero-order chi connectivity index (χ0) is 25.2. The lowest BCUT2D eigenvalue weighted by molar-refractivity contribution is -0.137. The first-order valence-corrected chi connectivity index (χ1v) is 14.0. The van der Waals surface area contributed by atoms with Gasteiger partial charge in [0.05, 0.1) is 27.4 Å². The number of ether oxygens (including phenoxy) is 1. The molecule has 2 unspecified atom stereocenters. The minimum Gasteiger partial charge on any atom is -0.372 e. The number of hydrogen-bond donors (Lipinski definition) is 1. The summed E-state index contributed by atoms with van der Waals surface area (Å²) in [4.78, 5) is -0.422. The molecule has 2 heterocycles. The van der Waals surface area contributed by atoms with Gasteiger partial charge in [-0.3, -0.25) is 4.68 Å². The third-order valence-corrected chi connectivity index (χ3v) is 10.0. The Balaban J connectivity index is 1.70. The quantitative estimate of drug-likeness (QED) is 0.620. The van der Waals surface area contributed by atoms with Crippen molar-refractivity contribution in [3.05, 3.63) is 41.6 Å². The fraction of sp³-hybridized carbons (Fsp3) is 0.571. The van der Waals surface area contributed by atoms with Gasteiger partial charge in [0.1, 0.15) is 6.10 Å². The molecule has 4 rings (SSSR count). The summed E-state index contributed by atoms with van der Waals surface area (Å²) in [7, 11) is -7.85. The van der Waals surface area contributed by atoms with Crippen molar-refractivity contribution in [3.8, 4) is 0 Å². The maximum atomic E-state index is 13.5. The molecule has 2 aliphatic rings. The zero-order valence-electron chi connectivity index (χ0n) is 18.7. The van der Waals surface area contributed by atoms with Crippen LogP contribution in [-0.2, 0) is 37.1 Å². The molecule has 1 aromatic heterocycles. The van der Waals surface area contributed by atoms with Gasteiger partial charge in [-0.05, 0) is 50.8 Å². The van der Waals surface area contributed by atoms with Crippen molar-refractivity contribution in [1.29, 1.82) is 0 Å².